The summed E-state index contributed by atoms with van der Waals surface area (Å²) in [5, 5.41) is 0. The van der Waals surface area contributed by atoms with Crippen molar-refractivity contribution in [2.45, 2.75) is 86.2 Å². The highest BCUT2D eigenvalue weighted by Gasteiger charge is 2.16. The lowest BCUT2D eigenvalue weighted by molar-refractivity contribution is -0.151. The van der Waals surface area contributed by atoms with E-state index in [1.54, 1.807) is 0 Å². The monoisotopic (exact) mass is 352 g/mol. The van der Waals surface area contributed by atoms with Crippen LogP contribution in [-0.4, -0.2) is 24.6 Å². The van der Waals surface area contributed by atoms with E-state index in [0.29, 0.717) is 18.9 Å². The summed E-state index contributed by atoms with van der Waals surface area (Å²) in [6.07, 6.45) is 7.87. The smallest absolute Gasteiger partial charge is 0.306 e. The van der Waals surface area contributed by atoms with Crippen molar-refractivity contribution in [1.82, 2.24) is 0 Å². The van der Waals surface area contributed by atoms with E-state index in [9.17, 15) is 9.59 Å². The third-order valence-electron chi connectivity index (χ3n) is 3.96. The van der Waals surface area contributed by atoms with Crippen LogP contribution in [0.2, 0.25) is 0 Å². The van der Waals surface area contributed by atoms with Gasteiger partial charge in [-0.05, 0) is 58.4 Å². The number of rotatable bonds is 12. The molecule has 0 rings (SSSR count). The fourth-order valence-corrected chi connectivity index (χ4v) is 2.34. The maximum atomic E-state index is 11.8. The van der Waals surface area contributed by atoms with Crippen LogP contribution >= 0.6 is 0 Å². The first-order valence-corrected chi connectivity index (χ1v) is 9.40. The van der Waals surface area contributed by atoms with E-state index < -0.39 is 0 Å². The minimum Gasteiger partial charge on any atom is -0.462 e. The maximum absolute atomic E-state index is 11.8. The van der Waals surface area contributed by atoms with E-state index in [4.69, 9.17) is 9.47 Å². The molecular formula is C21H36O4. The Bertz CT molecular complexity index is 457. The fourth-order valence-electron chi connectivity index (χ4n) is 2.34. The van der Waals surface area contributed by atoms with Crippen LogP contribution in [0.25, 0.3) is 0 Å². The molecule has 1 atom stereocenters. The summed E-state index contributed by atoms with van der Waals surface area (Å²) in [7, 11) is 0. The molecule has 144 valence electrons. The van der Waals surface area contributed by atoms with Gasteiger partial charge in [0.15, 0.2) is 0 Å². The van der Waals surface area contributed by atoms with E-state index in [1.807, 2.05) is 33.8 Å². The van der Waals surface area contributed by atoms with Crippen LogP contribution < -0.4 is 0 Å². The summed E-state index contributed by atoms with van der Waals surface area (Å²) >= 11 is 0. The van der Waals surface area contributed by atoms with Crippen LogP contribution in [0.1, 0.15) is 80.1 Å². The predicted molar refractivity (Wildman–Crippen MR) is 102 cm³/mol. The Morgan fingerprint density at radius 3 is 2.16 bits per heavy atom. The standard InChI is InChI=1S/C21H36O4/c1-7-19(17(4)5)25-21(23)13-9-12-20(22)24-15-14-18(6)11-8-10-16(2)3/h10,14,17,19H,7-9,11-13,15H2,1-6H3/b18-14+. The van der Waals surface area contributed by atoms with Crippen molar-refractivity contribution in [3.8, 4) is 0 Å². The van der Waals surface area contributed by atoms with Gasteiger partial charge in [-0.25, -0.2) is 0 Å². The van der Waals surface area contributed by atoms with Gasteiger partial charge >= 0.3 is 11.9 Å². The van der Waals surface area contributed by atoms with Crippen molar-refractivity contribution < 1.29 is 19.1 Å². The van der Waals surface area contributed by atoms with Crippen LogP contribution in [0, 0.1) is 5.92 Å². The molecule has 0 saturated heterocycles. The first kappa shape index (κ1) is 23.4. The first-order valence-electron chi connectivity index (χ1n) is 9.40. The van der Waals surface area contributed by atoms with Crippen LogP contribution in [0.3, 0.4) is 0 Å². The molecule has 0 aliphatic carbocycles. The van der Waals surface area contributed by atoms with Gasteiger partial charge in [0.1, 0.15) is 12.7 Å². The molecule has 4 heteroatoms. The van der Waals surface area contributed by atoms with Gasteiger partial charge in [-0.1, -0.05) is 38.0 Å². The van der Waals surface area contributed by atoms with E-state index in [2.05, 4.69) is 19.9 Å². The lowest BCUT2D eigenvalue weighted by atomic mass is 10.1. The van der Waals surface area contributed by atoms with Gasteiger partial charge in [-0.3, -0.25) is 9.59 Å². The van der Waals surface area contributed by atoms with Crippen molar-refractivity contribution in [2.24, 2.45) is 5.92 Å². The molecule has 0 N–H and O–H groups in total. The summed E-state index contributed by atoms with van der Waals surface area (Å²) in [6, 6.07) is 0. The Balaban J connectivity index is 3.90. The van der Waals surface area contributed by atoms with Crippen molar-refractivity contribution >= 4 is 11.9 Å². The Morgan fingerprint density at radius 1 is 0.960 bits per heavy atom. The SMILES string of the molecule is CCC(OC(=O)CCCC(=O)OC/C=C(\C)CCC=C(C)C)C(C)C. The zero-order valence-electron chi connectivity index (χ0n) is 16.9. The van der Waals surface area contributed by atoms with E-state index in [-0.39, 0.29) is 30.9 Å². The molecule has 0 aromatic heterocycles. The zero-order valence-corrected chi connectivity index (χ0v) is 16.9. The molecule has 0 fully saturated rings. The van der Waals surface area contributed by atoms with Gasteiger partial charge in [0.05, 0.1) is 0 Å². The highest BCUT2D eigenvalue weighted by molar-refractivity contribution is 5.72. The molecule has 0 aliphatic heterocycles. The van der Waals surface area contributed by atoms with E-state index >= 15 is 0 Å². The molecule has 0 radical (unpaired) electrons. The number of ether oxygens (including phenoxy) is 2. The summed E-state index contributed by atoms with van der Waals surface area (Å²) in [5.41, 5.74) is 2.53. The Morgan fingerprint density at radius 2 is 1.60 bits per heavy atom. The zero-order chi connectivity index (χ0) is 19.2. The molecule has 1 unspecified atom stereocenters. The second-order valence-corrected chi connectivity index (χ2v) is 7.09. The molecule has 25 heavy (non-hydrogen) atoms. The van der Waals surface area contributed by atoms with Gasteiger partial charge in [0.25, 0.3) is 0 Å². The van der Waals surface area contributed by atoms with Gasteiger partial charge in [-0.2, -0.15) is 0 Å². The van der Waals surface area contributed by atoms with Crippen molar-refractivity contribution in [3.63, 3.8) is 0 Å². The summed E-state index contributed by atoms with van der Waals surface area (Å²) in [4.78, 5) is 23.4. The minimum atomic E-state index is -0.267. The number of allylic oxidation sites excluding steroid dienone is 3. The Hall–Kier alpha value is -1.58. The van der Waals surface area contributed by atoms with Crippen molar-refractivity contribution in [2.75, 3.05) is 6.61 Å². The molecule has 0 aromatic carbocycles. The second kappa shape index (κ2) is 13.7. The number of hydrogen-bond acceptors (Lipinski definition) is 4. The molecule has 0 spiro atoms. The Labute approximate surface area is 153 Å². The average molecular weight is 353 g/mol. The first-order chi connectivity index (χ1) is 11.8. The molecular weight excluding hydrogens is 316 g/mol. The number of carbonyl (C=O) groups is 2. The van der Waals surface area contributed by atoms with Gasteiger partial charge in [-0.15, -0.1) is 0 Å². The number of hydrogen-bond donors (Lipinski definition) is 0. The molecule has 0 aromatic rings. The highest BCUT2D eigenvalue weighted by Crippen LogP contribution is 2.12. The molecule has 0 amide bonds. The van der Waals surface area contributed by atoms with Gasteiger partial charge in [0.2, 0.25) is 0 Å². The molecule has 0 heterocycles. The van der Waals surface area contributed by atoms with E-state index in [0.717, 1.165) is 19.3 Å². The van der Waals surface area contributed by atoms with Gasteiger partial charge in [0, 0.05) is 12.8 Å². The molecule has 0 saturated carbocycles. The second-order valence-electron chi connectivity index (χ2n) is 7.09. The fraction of sp³-hybridized carbons (Fsp3) is 0.714. The third kappa shape index (κ3) is 13.4. The van der Waals surface area contributed by atoms with Crippen LogP contribution in [-0.2, 0) is 19.1 Å². The third-order valence-corrected chi connectivity index (χ3v) is 3.96. The highest BCUT2D eigenvalue weighted by atomic mass is 16.5. The normalized spacial score (nSPS) is 12.7. The number of carbonyl (C=O) groups excluding carboxylic acids is 2. The average Bonchev–Trinajstić information content (AvgIpc) is 2.51. The summed E-state index contributed by atoms with van der Waals surface area (Å²) in [5.74, 6) is -0.189. The quantitative estimate of drug-likeness (QED) is 0.350. The predicted octanol–water partition coefficient (Wildman–Crippen LogP) is 5.37. The maximum Gasteiger partial charge on any atom is 0.306 e. The van der Waals surface area contributed by atoms with E-state index in [1.165, 1.54) is 11.1 Å². The summed E-state index contributed by atoms with van der Waals surface area (Å²) in [6.45, 7) is 12.6. The lowest BCUT2D eigenvalue weighted by Gasteiger charge is -2.19. The lowest BCUT2D eigenvalue weighted by Crippen LogP contribution is -2.22. The minimum absolute atomic E-state index is 0.0427. The van der Waals surface area contributed by atoms with Crippen LogP contribution in [0.4, 0.5) is 0 Å². The largest absolute Gasteiger partial charge is 0.462 e. The van der Waals surface area contributed by atoms with Crippen LogP contribution in [0.15, 0.2) is 23.3 Å². The van der Waals surface area contributed by atoms with Crippen molar-refractivity contribution in [3.05, 3.63) is 23.3 Å². The Kier molecular flexibility index (Phi) is 12.8. The van der Waals surface area contributed by atoms with Crippen molar-refractivity contribution in [1.29, 1.82) is 0 Å². The molecule has 4 nitrogen and oxygen atoms in total. The molecule has 0 aliphatic rings. The van der Waals surface area contributed by atoms with Gasteiger partial charge < -0.3 is 9.47 Å². The van der Waals surface area contributed by atoms with Crippen LogP contribution in [0.5, 0.6) is 0 Å². The number of esters is 2. The summed E-state index contributed by atoms with van der Waals surface area (Å²) < 4.78 is 10.6. The molecule has 0 bridgehead atoms. The topological polar surface area (TPSA) is 52.6 Å².